The molecule has 2 aromatic carbocycles. The van der Waals surface area contributed by atoms with Crippen LogP contribution < -0.4 is 22.0 Å². The van der Waals surface area contributed by atoms with Crippen LogP contribution in [0, 0.1) is 0 Å². The van der Waals surface area contributed by atoms with E-state index >= 15 is 0 Å². The number of hydrogen-bond acceptors (Lipinski definition) is 8. The Balaban J connectivity index is 1.71. The van der Waals surface area contributed by atoms with Gasteiger partial charge in [0.2, 0.25) is 0 Å². The van der Waals surface area contributed by atoms with Crippen LogP contribution in [0.3, 0.4) is 0 Å². The van der Waals surface area contributed by atoms with Gasteiger partial charge in [-0.3, -0.25) is 0 Å². The van der Waals surface area contributed by atoms with Crippen LogP contribution in [-0.2, 0) is 15.2 Å². The van der Waals surface area contributed by atoms with E-state index in [2.05, 4.69) is 66.8 Å². The van der Waals surface area contributed by atoms with E-state index in [1.165, 1.54) is 0 Å². The summed E-state index contributed by atoms with van der Waals surface area (Å²) in [6, 6.07) is 13.5. The largest absolute Gasteiger partial charge is 0.382 e. The molecule has 47 heavy (non-hydrogen) atoms. The van der Waals surface area contributed by atoms with Gasteiger partial charge in [-0.15, -0.1) is 10.2 Å². The lowest BCUT2D eigenvalue weighted by Crippen LogP contribution is -2.60. The van der Waals surface area contributed by atoms with Gasteiger partial charge in [0.15, 0.2) is 27.1 Å². The first-order valence-corrected chi connectivity index (χ1v) is 17.7. The summed E-state index contributed by atoms with van der Waals surface area (Å²) >= 11 is 0. The van der Waals surface area contributed by atoms with Gasteiger partial charge in [-0.2, -0.15) is 0 Å². The summed E-state index contributed by atoms with van der Waals surface area (Å²) in [5, 5.41) is 6.80. The predicted molar refractivity (Wildman–Crippen MR) is 235 cm³/mol. The van der Waals surface area contributed by atoms with Crippen LogP contribution in [0.2, 0.25) is 10.2 Å². The fourth-order valence-electron chi connectivity index (χ4n) is 6.83. The molecule has 8 nitrogen and oxygen atoms in total. The normalized spacial score (nSPS) is 13.4. The summed E-state index contributed by atoms with van der Waals surface area (Å²) in [7, 11) is 24.7. The third-order valence-electron chi connectivity index (χ3n) is 9.69. The van der Waals surface area contributed by atoms with Gasteiger partial charge in [0.05, 0.1) is 63.9 Å². The summed E-state index contributed by atoms with van der Waals surface area (Å²) in [5.74, 6) is 0.654. The van der Waals surface area contributed by atoms with E-state index in [0.29, 0.717) is 22.8 Å². The van der Waals surface area contributed by atoms with Gasteiger partial charge >= 0.3 is 0 Å². The second kappa shape index (κ2) is 12.3. The molecule has 2 heterocycles. The lowest BCUT2D eigenvalue weighted by atomic mass is 9.21. The minimum Gasteiger partial charge on any atom is -0.382 e. The molecular formula is C24H39B14N5O3S. The average Bonchev–Trinajstić information content (AvgIpc) is 3.31. The molecule has 0 aliphatic rings. The van der Waals surface area contributed by atoms with Crippen molar-refractivity contribution in [2.75, 3.05) is 5.73 Å². The van der Waals surface area contributed by atoms with Crippen LogP contribution in [0.5, 0.6) is 0 Å². The van der Waals surface area contributed by atoms with Crippen LogP contribution in [0.15, 0.2) is 58.1 Å². The van der Waals surface area contributed by atoms with Crippen LogP contribution in [0.1, 0.15) is 5.56 Å². The van der Waals surface area contributed by atoms with Gasteiger partial charge < -0.3 is 15.6 Å². The van der Waals surface area contributed by atoms with Crippen molar-refractivity contribution in [1.29, 1.82) is 0 Å². The maximum atomic E-state index is 14.2. The molecule has 0 bridgehead atoms. The first-order valence-electron chi connectivity index (χ1n) is 16.2. The quantitative estimate of drug-likeness (QED) is 0.166. The zero-order valence-corrected chi connectivity index (χ0v) is 31.5. The van der Waals surface area contributed by atoms with Crippen LogP contribution >= 0.6 is 0 Å². The number of anilines is 1. The smallest absolute Gasteiger partial charge is 0.183 e. The predicted octanol–water partition coefficient (Wildman–Crippen LogP) is -11.9. The van der Waals surface area contributed by atoms with Crippen LogP contribution in [0.25, 0.3) is 34.0 Å². The fraction of sp³-hybridized carbons (Fsp3) is 0.208. The van der Waals surface area contributed by atoms with Crippen molar-refractivity contribution in [3.63, 3.8) is 0 Å². The van der Waals surface area contributed by atoms with Crippen molar-refractivity contribution in [1.82, 2.24) is 20.4 Å². The molecule has 2 aromatic heterocycles. The molecule has 4 rings (SSSR count). The van der Waals surface area contributed by atoms with E-state index in [4.69, 9.17) is 15.2 Å². The van der Waals surface area contributed by atoms with Crippen molar-refractivity contribution in [3.8, 4) is 34.0 Å². The minimum absolute atomic E-state index is 0.0342. The number of hydrogen-bond donors (Lipinski definition) is 2. The number of nitrogen functional groups attached to an aromatic ring is 1. The maximum absolute atomic E-state index is 14.2. The molecule has 0 amide bonds. The molecule has 0 aliphatic carbocycles. The zero-order valence-electron chi connectivity index (χ0n) is 30.7. The van der Waals surface area contributed by atoms with E-state index in [9.17, 15) is 8.42 Å². The molecule has 0 saturated carbocycles. The maximum Gasteiger partial charge on any atom is 0.183 e. The molecule has 23 heteroatoms. The van der Waals surface area contributed by atoms with E-state index < -0.39 is 24.7 Å². The van der Waals surface area contributed by atoms with Gasteiger partial charge in [0, 0.05) is 10.2 Å². The SMILES string of the molecule is Bc1cc(S(=O)(=O)C(B)(C(B)(B)B)C(B)(B)B)ccc1-c1cnc(N)c(-c2onc(-c3ccc(C(B)(B)NC(B)(B)B)cc3)c2B)n1. The van der Waals surface area contributed by atoms with E-state index in [1.807, 2.05) is 82.7 Å². The highest BCUT2D eigenvalue weighted by atomic mass is 32.2. The molecule has 0 saturated heterocycles. The van der Waals surface area contributed by atoms with Crippen molar-refractivity contribution in [2.45, 2.75) is 30.3 Å². The minimum atomic E-state index is -3.73. The Morgan fingerprint density at radius 2 is 1.36 bits per heavy atom. The number of nitrogens with two attached hydrogens (primary N) is 1. The molecule has 0 unspecified atom stereocenters. The summed E-state index contributed by atoms with van der Waals surface area (Å²) in [6.45, 7) is 0. The molecule has 3 N–H and O–H groups in total. The Kier molecular flexibility index (Phi) is 9.77. The molecule has 0 fully saturated rings. The molecule has 0 atom stereocenters. The summed E-state index contributed by atoms with van der Waals surface area (Å²) < 4.78 is 33.3. The third kappa shape index (κ3) is 6.94. The van der Waals surface area contributed by atoms with Crippen LogP contribution in [0.4, 0.5) is 5.82 Å². The lowest BCUT2D eigenvalue weighted by molar-refractivity contribution is 0.434. The highest BCUT2D eigenvalue weighted by Crippen LogP contribution is 2.48. The lowest BCUT2D eigenvalue weighted by Gasteiger charge is -2.52. The van der Waals surface area contributed by atoms with Gasteiger partial charge in [-0.1, -0.05) is 46.2 Å². The van der Waals surface area contributed by atoms with Crippen molar-refractivity contribution in [3.05, 3.63) is 54.2 Å². The third-order valence-corrected chi connectivity index (χ3v) is 12.9. The molecule has 0 radical (unpaired) electrons. The average molecular weight is 629 g/mol. The fourth-order valence-corrected chi connectivity index (χ4v) is 9.50. The van der Waals surface area contributed by atoms with Gasteiger partial charge in [-0.25, -0.2) is 18.4 Å². The highest BCUT2D eigenvalue weighted by Gasteiger charge is 2.55. The van der Waals surface area contributed by atoms with Crippen molar-refractivity contribution >= 4 is 136 Å². The number of benzene rings is 2. The monoisotopic (exact) mass is 631 g/mol. The Labute approximate surface area is 292 Å². The van der Waals surface area contributed by atoms with Crippen molar-refractivity contribution in [2.24, 2.45) is 0 Å². The van der Waals surface area contributed by atoms with E-state index in [1.54, 1.807) is 24.4 Å². The summed E-state index contributed by atoms with van der Waals surface area (Å²) in [4.78, 5) is 9.59. The van der Waals surface area contributed by atoms with Gasteiger partial charge in [0.1, 0.15) is 68.5 Å². The first-order chi connectivity index (χ1) is 21.3. The Hall–Kier alpha value is -2.65. The van der Waals surface area contributed by atoms with E-state index in [-0.39, 0.29) is 21.3 Å². The molecule has 0 spiro atoms. The highest BCUT2D eigenvalue weighted by molar-refractivity contribution is 7.94. The second-order valence-electron chi connectivity index (χ2n) is 16.6. The van der Waals surface area contributed by atoms with Gasteiger partial charge in [0.25, 0.3) is 0 Å². The van der Waals surface area contributed by atoms with E-state index in [0.717, 1.165) is 27.6 Å². The molecule has 0 aliphatic heterocycles. The number of aromatic nitrogens is 3. The Morgan fingerprint density at radius 3 is 1.87 bits per heavy atom. The second-order valence-corrected chi connectivity index (χ2v) is 18.9. The molecule has 226 valence electrons. The number of rotatable bonds is 10. The summed E-state index contributed by atoms with van der Waals surface area (Å²) in [5.41, 5.74) is 12.4. The van der Waals surface area contributed by atoms with Crippen molar-refractivity contribution < 1.29 is 12.9 Å². The topological polar surface area (TPSA) is 124 Å². The van der Waals surface area contributed by atoms with Crippen LogP contribution in [-0.4, -0.2) is 143 Å². The number of nitrogens with zero attached hydrogens (tertiary/aromatic N) is 3. The number of nitrogens with one attached hydrogen (secondary N) is 1. The first kappa shape index (κ1) is 37.2. The number of sulfone groups is 1. The summed E-state index contributed by atoms with van der Waals surface area (Å²) in [6.07, 6.45) is 1.60. The standard InChI is InChI=1S/C24H39B14N5O3S/c25-13-7-11(47(44,45)21(29,22(30,31)32)23(33,34)35)5-6-12(13)14-8-40-19(39)17(41-14)18-15(26)16(42-46-18)9-1-3-10(4-2-9)20(27,28)43-24(36,37)38/h1-8,43H,25-38H2,(H2,39,40). The van der Waals surface area contributed by atoms with Gasteiger partial charge in [-0.05, 0) is 34.1 Å². The molecular weight excluding hydrogens is 590 g/mol. The zero-order chi connectivity index (χ0) is 35.5. The Bertz CT molecular complexity index is 1910. The molecule has 4 aromatic rings. The Morgan fingerprint density at radius 1 is 0.787 bits per heavy atom.